The van der Waals surface area contributed by atoms with Crippen LogP contribution >= 0.6 is 11.6 Å². The summed E-state index contributed by atoms with van der Waals surface area (Å²) in [6.07, 6.45) is 4.22. The quantitative estimate of drug-likeness (QED) is 0.283. The molecule has 190 valence electrons. The Hall–Kier alpha value is -2.42. The first-order chi connectivity index (χ1) is 16.9. The van der Waals surface area contributed by atoms with E-state index in [4.69, 9.17) is 26.2 Å². The first-order valence-corrected chi connectivity index (χ1v) is 12.7. The summed E-state index contributed by atoms with van der Waals surface area (Å²) < 4.78 is 11.7. The molecule has 2 amide bonds. The fraction of sp³-hybridized carbons (Fsp3) is 0.577. The molecule has 0 saturated carbocycles. The molecule has 0 radical (unpaired) electrons. The third-order valence-corrected chi connectivity index (χ3v) is 7.69. The lowest BCUT2D eigenvalue weighted by Crippen LogP contribution is -2.56. The number of carbonyl (C=O) groups excluding carboxylic acids is 3. The van der Waals surface area contributed by atoms with Gasteiger partial charge in [-0.05, 0) is 51.2 Å². The van der Waals surface area contributed by atoms with Crippen LogP contribution in [-0.2, 0) is 23.9 Å². The second-order valence-electron chi connectivity index (χ2n) is 9.31. The molecule has 9 heteroatoms. The average Bonchev–Trinajstić information content (AvgIpc) is 3.48. The van der Waals surface area contributed by atoms with Crippen LogP contribution in [0.2, 0.25) is 5.02 Å². The number of aliphatic hydroxyl groups excluding tert-OH is 1. The van der Waals surface area contributed by atoms with Gasteiger partial charge in [-0.15, -0.1) is 6.58 Å². The molecule has 3 aliphatic heterocycles. The molecule has 3 saturated heterocycles. The van der Waals surface area contributed by atoms with E-state index in [1.165, 1.54) is 0 Å². The van der Waals surface area contributed by atoms with Gasteiger partial charge in [-0.1, -0.05) is 29.8 Å². The molecule has 1 N–H and O–H groups in total. The summed E-state index contributed by atoms with van der Waals surface area (Å²) in [5.41, 5.74) is -0.561. The Balaban J connectivity index is 1.73. The van der Waals surface area contributed by atoms with Crippen molar-refractivity contribution in [1.82, 2.24) is 4.90 Å². The maximum Gasteiger partial charge on any atom is 0.312 e. The molecule has 0 aromatic heterocycles. The molecule has 1 aromatic carbocycles. The lowest BCUT2D eigenvalue weighted by atomic mass is 9.70. The molecule has 35 heavy (non-hydrogen) atoms. The van der Waals surface area contributed by atoms with Crippen molar-refractivity contribution in [2.45, 2.75) is 56.8 Å². The van der Waals surface area contributed by atoms with Crippen LogP contribution in [0.15, 0.2) is 36.9 Å². The minimum atomic E-state index is -1.09. The van der Waals surface area contributed by atoms with E-state index in [0.29, 0.717) is 49.4 Å². The van der Waals surface area contributed by atoms with Crippen molar-refractivity contribution in [1.29, 1.82) is 0 Å². The number of likely N-dealkylation sites (tertiary alicyclic amines) is 1. The van der Waals surface area contributed by atoms with E-state index in [0.717, 1.165) is 0 Å². The largest absolute Gasteiger partial charge is 0.466 e. The van der Waals surface area contributed by atoms with Gasteiger partial charge < -0.3 is 24.4 Å². The van der Waals surface area contributed by atoms with Gasteiger partial charge in [-0.25, -0.2) is 0 Å². The fourth-order valence-corrected chi connectivity index (χ4v) is 6.24. The highest BCUT2D eigenvalue weighted by atomic mass is 35.5. The van der Waals surface area contributed by atoms with Gasteiger partial charge >= 0.3 is 5.97 Å². The van der Waals surface area contributed by atoms with Crippen molar-refractivity contribution in [2.24, 2.45) is 11.8 Å². The van der Waals surface area contributed by atoms with Crippen LogP contribution < -0.4 is 4.90 Å². The predicted molar refractivity (Wildman–Crippen MR) is 131 cm³/mol. The first-order valence-electron chi connectivity index (χ1n) is 12.3. The minimum absolute atomic E-state index is 0.0677. The van der Waals surface area contributed by atoms with Crippen LogP contribution in [0.25, 0.3) is 0 Å². The lowest BCUT2D eigenvalue weighted by Gasteiger charge is -2.37. The molecule has 1 aromatic rings. The maximum absolute atomic E-state index is 14.2. The van der Waals surface area contributed by atoms with Crippen molar-refractivity contribution in [3.8, 4) is 0 Å². The number of hydrogen-bond donors (Lipinski definition) is 1. The molecule has 3 fully saturated rings. The van der Waals surface area contributed by atoms with E-state index in [2.05, 4.69) is 6.58 Å². The number of amides is 2. The normalized spacial score (nSPS) is 28.8. The first kappa shape index (κ1) is 25.7. The van der Waals surface area contributed by atoms with Crippen LogP contribution in [0.4, 0.5) is 5.69 Å². The van der Waals surface area contributed by atoms with E-state index < -0.39 is 35.6 Å². The van der Waals surface area contributed by atoms with Crippen molar-refractivity contribution in [3.63, 3.8) is 0 Å². The monoisotopic (exact) mass is 504 g/mol. The zero-order chi connectivity index (χ0) is 25.2. The SMILES string of the molecule is C=CCN(C(=O)C1N(CCCCCO)C(=O)[C@@H]2[C@@H](C(=O)OCC)[C@H]3CCC12O3)c1ccccc1Cl. The summed E-state index contributed by atoms with van der Waals surface area (Å²) in [4.78, 5) is 44.1. The lowest BCUT2D eigenvalue weighted by molar-refractivity contribution is -0.154. The van der Waals surface area contributed by atoms with E-state index in [9.17, 15) is 14.4 Å². The molecule has 0 aliphatic carbocycles. The number of unbranched alkanes of at least 4 members (excludes halogenated alkanes) is 2. The minimum Gasteiger partial charge on any atom is -0.466 e. The van der Waals surface area contributed by atoms with Gasteiger partial charge in [-0.2, -0.15) is 0 Å². The Bertz CT molecular complexity index is 986. The zero-order valence-corrected chi connectivity index (χ0v) is 20.8. The number of rotatable bonds is 11. The van der Waals surface area contributed by atoms with E-state index in [1.807, 2.05) is 0 Å². The van der Waals surface area contributed by atoms with Crippen LogP contribution in [0.5, 0.6) is 0 Å². The summed E-state index contributed by atoms with van der Waals surface area (Å²) in [6, 6.07) is 6.16. The van der Waals surface area contributed by atoms with Gasteiger partial charge in [0.05, 0.1) is 35.3 Å². The van der Waals surface area contributed by atoms with Crippen molar-refractivity contribution < 1.29 is 29.0 Å². The van der Waals surface area contributed by atoms with Crippen LogP contribution in [-0.4, -0.2) is 71.8 Å². The summed E-state index contributed by atoms with van der Waals surface area (Å²) in [5, 5.41) is 9.58. The van der Waals surface area contributed by atoms with Crippen molar-refractivity contribution >= 4 is 35.1 Å². The molecule has 2 bridgehead atoms. The molecule has 3 heterocycles. The highest BCUT2D eigenvalue weighted by Crippen LogP contribution is 2.59. The number of ether oxygens (including phenoxy) is 2. The van der Waals surface area contributed by atoms with Crippen LogP contribution in [0.3, 0.4) is 0 Å². The third kappa shape index (κ3) is 4.36. The molecule has 4 rings (SSSR count). The summed E-state index contributed by atoms with van der Waals surface area (Å²) in [7, 11) is 0. The number of carbonyl (C=O) groups is 3. The molecule has 1 spiro atoms. The molecule has 5 atom stereocenters. The average molecular weight is 505 g/mol. The number of aliphatic hydroxyl groups is 1. The van der Waals surface area contributed by atoms with Crippen molar-refractivity contribution in [3.05, 3.63) is 41.9 Å². The summed E-state index contributed by atoms with van der Waals surface area (Å²) >= 11 is 6.45. The van der Waals surface area contributed by atoms with E-state index in [1.54, 1.807) is 47.1 Å². The number of para-hydroxylation sites is 1. The van der Waals surface area contributed by atoms with Crippen LogP contribution in [0, 0.1) is 11.8 Å². The van der Waals surface area contributed by atoms with Crippen molar-refractivity contribution in [2.75, 3.05) is 31.2 Å². The zero-order valence-electron chi connectivity index (χ0n) is 20.0. The highest BCUT2D eigenvalue weighted by molar-refractivity contribution is 6.34. The number of hydrogen-bond acceptors (Lipinski definition) is 6. The second-order valence-corrected chi connectivity index (χ2v) is 9.72. The number of anilines is 1. The molecular formula is C26H33ClN2O6. The Morgan fingerprint density at radius 1 is 1.34 bits per heavy atom. The number of benzene rings is 1. The maximum atomic E-state index is 14.2. The molecule has 3 aliphatic rings. The number of nitrogens with zero attached hydrogens (tertiary/aromatic N) is 2. The number of esters is 1. The topological polar surface area (TPSA) is 96.4 Å². The summed E-state index contributed by atoms with van der Waals surface area (Å²) in [5.74, 6) is -2.47. The molecular weight excluding hydrogens is 472 g/mol. The molecule has 2 unspecified atom stereocenters. The molecule has 8 nitrogen and oxygen atoms in total. The Labute approximate surface area is 210 Å². The smallest absolute Gasteiger partial charge is 0.312 e. The summed E-state index contributed by atoms with van der Waals surface area (Å²) in [6.45, 7) is 6.35. The van der Waals surface area contributed by atoms with Gasteiger partial charge in [0.1, 0.15) is 11.6 Å². The predicted octanol–water partition coefficient (Wildman–Crippen LogP) is 2.96. The Morgan fingerprint density at radius 3 is 2.80 bits per heavy atom. The van der Waals surface area contributed by atoms with Gasteiger partial charge in [-0.3, -0.25) is 14.4 Å². The third-order valence-electron chi connectivity index (χ3n) is 7.37. The highest BCUT2D eigenvalue weighted by Gasteiger charge is 2.75. The second kappa shape index (κ2) is 10.7. The van der Waals surface area contributed by atoms with Gasteiger partial charge in [0.2, 0.25) is 5.91 Å². The Kier molecular flexibility index (Phi) is 7.83. The van der Waals surface area contributed by atoms with Gasteiger partial charge in [0.25, 0.3) is 5.91 Å². The standard InChI is InChI=1S/C26H33ClN2O6/c1-3-14-28(18-11-7-6-10-17(18)27)24(32)22-26-13-12-19(35-26)20(25(33)34-4-2)21(26)23(31)29(22)15-8-5-9-16-30/h3,6-7,10-11,19-22,30H,1,4-5,8-9,12-16H2,2H3/t19-,20+,21+,22?,26?/m1/s1. The Morgan fingerprint density at radius 2 is 2.11 bits per heavy atom. The van der Waals surface area contributed by atoms with Gasteiger partial charge in [0, 0.05) is 19.7 Å². The fourth-order valence-electron chi connectivity index (χ4n) is 6.00. The van der Waals surface area contributed by atoms with E-state index in [-0.39, 0.29) is 31.6 Å². The van der Waals surface area contributed by atoms with E-state index >= 15 is 0 Å². The van der Waals surface area contributed by atoms with Gasteiger partial charge in [0.15, 0.2) is 0 Å². The van der Waals surface area contributed by atoms with Crippen LogP contribution in [0.1, 0.15) is 39.0 Å². The number of halogens is 1. The number of fused-ring (bicyclic) bond motifs is 1.